The van der Waals surface area contributed by atoms with E-state index in [4.69, 9.17) is 0 Å². The molecule has 0 aliphatic carbocycles. The van der Waals surface area contributed by atoms with Crippen molar-refractivity contribution in [3.63, 3.8) is 0 Å². The molecule has 37 heavy (non-hydrogen) atoms. The number of hydrogen-bond acceptors (Lipinski definition) is 2. The summed E-state index contributed by atoms with van der Waals surface area (Å²) >= 11 is 1.36. The maximum Gasteiger partial charge on any atom is 0.416 e. The third-order valence-electron chi connectivity index (χ3n) is 5.19. The molecular formula is C29H37F6NS. The van der Waals surface area contributed by atoms with Gasteiger partial charge in [-0.3, -0.25) is 0 Å². The number of halogens is 6. The monoisotopic (exact) mass is 545 g/mol. The third-order valence-corrected chi connectivity index (χ3v) is 6.48. The molecule has 0 N–H and O–H groups in total. The zero-order valence-electron chi connectivity index (χ0n) is 22.1. The average Bonchev–Trinajstić information content (AvgIpc) is 2.85. The van der Waals surface area contributed by atoms with Crippen LogP contribution in [0.2, 0.25) is 0 Å². The molecule has 1 saturated heterocycles. The second-order valence-electron chi connectivity index (χ2n) is 7.81. The van der Waals surface area contributed by atoms with Crippen LogP contribution < -0.4 is 0 Å². The lowest BCUT2D eigenvalue weighted by molar-refractivity contribution is -0.137. The smallest absolute Gasteiger partial charge is 0.377 e. The van der Waals surface area contributed by atoms with Gasteiger partial charge in [0.1, 0.15) is 0 Å². The fourth-order valence-electron chi connectivity index (χ4n) is 3.64. The first-order valence-electron chi connectivity index (χ1n) is 12.1. The SMILES string of the molecule is C#C.CC.C\C=C/C(=C\C(=C\CC)C(F)(F)F)C/C=C1/C(Sc2cccc(C(F)(F)F)c2)CCCN1C. The van der Waals surface area contributed by atoms with E-state index in [0.29, 0.717) is 16.9 Å². The molecular weight excluding hydrogens is 508 g/mol. The van der Waals surface area contributed by atoms with Crippen molar-refractivity contribution in [2.75, 3.05) is 13.6 Å². The van der Waals surface area contributed by atoms with Crippen molar-refractivity contribution < 1.29 is 26.3 Å². The first-order chi connectivity index (χ1) is 17.5. The third kappa shape index (κ3) is 12.0. The zero-order chi connectivity index (χ0) is 28.6. The highest BCUT2D eigenvalue weighted by Gasteiger charge is 2.32. The molecule has 0 amide bonds. The lowest BCUT2D eigenvalue weighted by Crippen LogP contribution is -2.31. The van der Waals surface area contributed by atoms with Gasteiger partial charge in [0.05, 0.1) is 11.1 Å². The molecule has 0 radical (unpaired) electrons. The predicted octanol–water partition coefficient (Wildman–Crippen LogP) is 9.84. The molecule has 8 heteroatoms. The van der Waals surface area contributed by atoms with Crippen molar-refractivity contribution in [1.82, 2.24) is 4.90 Å². The first kappa shape index (κ1) is 34.5. The number of rotatable bonds is 7. The molecule has 1 unspecified atom stereocenters. The van der Waals surface area contributed by atoms with Crippen LogP contribution >= 0.6 is 11.8 Å². The molecule has 206 valence electrons. The van der Waals surface area contributed by atoms with E-state index in [0.717, 1.165) is 43.3 Å². The topological polar surface area (TPSA) is 3.24 Å². The van der Waals surface area contributed by atoms with Gasteiger partial charge in [-0.05, 0) is 62.5 Å². The largest absolute Gasteiger partial charge is 0.416 e. The maximum absolute atomic E-state index is 13.3. The number of benzene rings is 1. The Morgan fingerprint density at radius 2 is 1.78 bits per heavy atom. The van der Waals surface area contributed by atoms with Crippen LogP contribution in [0.3, 0.4) is 0 Å². The van der Waals surface area contributed by atoms with Crippen LogP contribution in [0.15, 0.2) is 76.4 Å². The van der Waals surface area contributed by atoms with Gasteiger partial charge in [0.25, 0.3) is 0 Å². The number of nitrogens with zero attached hydrogens (tertiary/aromatic N) is 1. The van der Waals surface area contributed by atoms with Crippen LogP contribution in [0.4, 0.5) is 26.3 Å². The number of alkyl halides is 6. The molecule has 1 aliphatic rings. The molecule has 0 spiro atoms. The zero-order valence-corrected chi connectivity index (χ0v) is 22.9. The Morgan fingerprint density at radius 1 is 1.14 bits per heavy atom. The quantitative estimate of drug-likeness (QED) is 0.191. The van der Waals surface area contributed by atoms with Crippen LogP contribution in [0.5, 0.6) is 0 Å². The summed E-state index contributed by atoms with van der Waals surface area (Å²) in [6.07, 6.45) is 8.97. The van der Waals surface area contributed by atoms with Crippen LogP contribution in [0.25, 0.3) is 0 Å². The number of allylic oxidation sites excluding steroid dienone is 7. The van der Waals surface area contributed by atoms with Crippen LogP contribution in [0.1, 0.15) is 58.9 Å². The van der Waals surface area contributed by atoms with Gasteiger partial charge < -0.3 is 4.90 Å². The summed E-state index contributed by atoms with van der Waals surface area (Å²) in [5.41, 5.74) is 0.0715. The van der Waals surface area contributed by atoms with E-state index in [1.54, 1.807) is 32.1 Å². The summed E-state index contributed by atoms with van der Waals surface area (Å²) in [5.74, 6) is 0. The molecule has 1 aromatic rings. The Morgan fingerprint density at radius 3 is 2.32 bits per heavy atom. The molecule has 0 saturated carbocycles. The minimum atomic E-state index is -4.43. The van der Waals surface area contributed by atoms with Crippen LogP contribution in [-0.2, 0) is 6.18 Å². The summed E-state index contributed by atoms with van der Waals surface area (Å²) in [7, 11) is 1.90. The molecule has 1 aliphatic heterocycles. The van der Waals surface area contributed by atoms with Gasteiger partial charge >= 0.3 is 12.4 Å². The summed E-state index contributed by atoms with van der Waals surface area (Å²) in [6.45, 7) is 8.19. The Balaban J connectivity index is 0.00000308. The molecule has 0 bridgehead atoms. The lowest BCUT2D eigenvalue weighted by Gasteiger charge is -2.34. The molecule has 1 aromatic carbocycles. The van der Waals surface area contributed by atoms with Gasteiger partial charge in [-0.25, -0.2) is 0 Å². The maximum atomic E-state index is 13.3. The van der Waals surface area contributed by atoms with Gasteiger partial charge in [-0.2, -0.15) is 26.3 Å². The van der Waals surface area contributed by atoms with Gasteiger partial charge in [0.2, 0.25) is 0 Å². The van der Waals surface area contributed by atoms with E-state index in [1.807, 2.05) is 31.9 Å². The van der Waals surface area contributed by atoms with E-state index < -0.39 is 23.5 Å². The van der Waals surface area contributed by atoms with Crippen LogP contribution in [-0.4, -0.2) is 29.9 Å². The highest BCUT2D eigenvalue weighted by Crippen LogP contribution is 2.38. The summed E-state index contributed by atoms with van der Waals surface area (Å²) in [6, 6.07) is 5.24. The van der Waals surface area contributed by atoms with E-state index in [9.17, 15) is 26.3 Å². The molecule has 1 atom stereocenters. The van der Waals surface area contributed by atoms with Gasteiger partial charge in [0, 0.05) is 29.4 Å². The molecule has 0 aromatic heterocycles. The van der Waals surface area contributed by atoms with Gasteiger partial charge in [0.15, 0.2) is 0 Å². The lowest BCUT2D eigenvalue weighted by atomic mass is 10.0. The molecule has 1 fully saturated rings. The number of thioether (sulfide) groups is 1. The van der Waals surface area contributed by atoms with Crippen molar-refractivity contribution in [2.45, 2.75) is 75.9 Å². The van der Waals surface area contributed by atoms with Crippen molar-refractivity contribution in [3.8, 4) is 12.8 Å². The Labute approximate surface area is 222 Å². The van der Waals surface area contributed by atoms with Gasteiger partial charge in [-0.15, -0.1) is 24.6 Å². The van der Waals surface area contributed by atoms with Crippen molar-refractivity contribution in [3.05, 3.63) is 77.1 Å². The summed E-state index contributed by atoms with van der Waals surface area (Å²) in [5, 5.41) is -0.0765. The second kappa shape index (κ2) is 17.1. The molecule has 1 heterocycles. The van der Waals surface area contributed by atoms with Crippen molar-refractivity contribution in [1.29, 1.82) is 0 Å². The number of hydrogen-bond donors (Lipinski definition) is 0. The number of likely N-dealkylation sites (tertiary alicyclic amines) is 1. The minimum Gasteiger partial charge on any atom is -0.377 e. The Hall–Kier alpha value is -2.53. The normalized spacial score (nSPS) is 18.2. The molecule has 2 rings (SSSR count). The fraction of sp³-hybridized carbons (Fsp3) is 0.448. The second-order valence-corrected chi connectivity index (χ2v) is 9.09. The highest BCUT2D eigenvalue weighted by atomic mass is 32.2. The summed E-state index contributed by atoms with van der Waals surface area (Å²) < 4.78 is 79.3. The predicted molar refractivity (Wildman–Crippen MR) is 144 cm³/mol. The highest BCUT2D eigenvalue weighted by molar-refractivity contribution is 8.00. The summed E-state index contributed by atoms with van der Waals surface area (Å²) in [4.78, 5) is 2.56. The first-order valence-corrected chi connectivity index (χ1v) is 13.0. The Bertz CT molecular complexity index is 951. The van der Waals surface area contributed by atoms with E-state index in [-0.39, 0.29) is 11.7 Å². The van der Waals surface area contributed by atoms with Gasteiger partial charge in [-0.1, -0.05) is 51.1 Å². The Kier molecular flexibility index (Phi) is 15.9. The van der Waals surface area contributed by atoms with Crippen LogP contribution in [0, 0.1) is 12.8 Å². The molecule has 1 nitrogen and oxygen atoms in total. The van der Waals surface area contributed by atoms with E-state index in [2.05, 4.69) is 12.8 Å². The number of terminal acetylenes is 1. The van der Waals surface area contributed by atoms with E-state index in [1.165, 1.54) is 23.9 Å². The standard InChI is InChI=1S/C25H29F6NS.C2H6.C2H2/c1-4-8-18(16-19(9-5-2)24(26,27)28)13-14-22-23(12-7-15-32(22)3)33-21-11-6-10-20(17-21)25(29,30)31;2*1-2/h4,6,8-11,14,16-17,23H,5,7,12-13,15H2,1-3H3;1-2H3;1-2H/b8-4-,18-16+,19-9-,22-14-;;. The number of piperidine rings is 1. The van der Waals surface area contributed by atoms with Crippen molar-refractivity contribution >= 4 is 11.8 Å². The fourth-order valence-corrected chi connectivity index (χ4v) is 5.00. The average molecular weight is 546 g/mol. The van der Waals surface area contributed by atoms with E-state index >= 15 is 0 Å². The van der Waals surface area contributed by atoms with Crippen molar-refractivity contribution in [2.24, 2.45) is 0 Å². The minimum absolute atomic E-state index is 0.0765.